The molecule has 1 atom stereocenters. The van der Waals surface area contributed by atoms with Crippen molar-refractivity contribution in [3.8, 4) is 6.07 Å². The molecule has 4 rings (SSSR count). The Morgan fingerprint density at radius 3 is 2.58 bits per heavy atom. The van der Waals surface area contributed by atoms with Crippen LogP contribution in [0.25, 0.3) is 0 Å². The van der Waals surface area contributed by atoms with E-state index in [4.69, 9.17) is 16.9 Å². The summed E-state index contributed by atoms with van der Waals surface area (Å²) in [6.07, 6.45) is 2.08. The third-order valence-electron chi connectivity index (χ3n) is 5.67. The van der Waals surface area contributed by atoms with Crippen molar-refractivity contribution in [2.24, 2.45) is 0 Å². The molecular formula is C25H22ClF2N7O3. The van der Waals surface area contributed by atoms with Gasteiger partial charge in [-0.15, -0.1) is 0 Å². The molecule has 1 fully saturated rings. The number of likely N-dealkylation sites (tertiary alicyclic amines) is 1. The summed E-state index contributed by atoms with van der Waals surface area (Å²) in [5, 5.41) is 21.4. The maximum absolute atomic E-state index is 13.5. The molecule has 38 heavy (non-hydrogen) atoms. The van der Waals surface area contributed by atoms with Crippen molar-refractivity contribution in [3.05, 3.63) is 77.1 Å². The first kappa shape index (κ1) is 26.6. The molecule has 0 aliphatic carbocycles. The Morgan fingerprint density at radius 1 is 1.13 bits per heavy atom. The maximum Gasteiger partial charge on any atom is 0.323 e. The number of alkyl halides is 2. The summed E-state index contributed by atoms with van der Waals surface area (Å²) >= 11 is 5.91. The van der Waals surface area contributed by atoms with Gasteiger partial charge in [0.05, 0.1) is 37.5 Å². The number of urea groups is 1. The molecule has 10 nitrogen and oxygen atoms in total. The molecule has 0 saturated carbocycles. The van der Waals surface area contributed by atoms with Gasteiger partial charge < -0.3 is 20.9 Å². The quantitative estimate of drug-likeness (QED) is 0.419. The number of nitrogens with zero attached hydrogens (tertiary/aromatic N) is 4. The van der Waals surface area contributed by atoms with Gasteiger partial charge >= 0.3 is 6.03 Å². The molecule has 2 aromatic carbocycles. The lowest BCUT2D eigenvalue weighted by Gasteiger charge is -2.19. The Labute approximate surface area is 221 Å². The monoisotopic (exact) mass is 541 g/mol. The van der Waals surface area contributed by atoms with Gasteiger partial charge in [-0.25, -0.2) is 13.6 Å². The molecule has 0 radical (unpaired) electrons. The van der Waals surface area contributed by atoms with E-state index in [0.717, 1.165) is 10.5 Å². The molecule has 0 unspecified atom stereocenters. The molecule has 2 heterocycles. The van der Waals surface area contributed by atoms with Gasteiger partial charge in [-0.2, -0.15) is 10.4 Å². The first-order chi connectivity index (χ1) is 18.1. The van der Waals surface area contributed by atoms with Gasteiger partial charge in [-0.3, -0.25) is 14.3 Å². The average molecular weight is 542 g/mol. The van der Waals surface area contributed by atoms with Crippen LogP contribution in [0.3, 0.4) is 0 Å². The summed E-state index contributed by atoms with van der Waals surface area (Å²) in [5.41, 5.74) is 2.14. The number of nitriles is 1. The van der Waals surface area contributed by atoms with Gasteiger partial charge in [0, 0.05) is 29.0 Å². The smallest absolute Gasteiger partial charge is 0.323 e. The Bertz CT molecular complexity index is 1390. The van der Waals surface area contributed by atoms with Crippen molar-refractivity contribution in [1.82, 2.24) is 20.0 Å². The standard InChI is InChI=1S/C25H22ClF2N7O3/c26-18-2-1-3-20(8-18)33-24(38)32-19-6-4-16(5-7-19)13-34-14-17(11-31-34)23(37)30-12-22(36)35-15-25(27,28)9-21(35)10-29/h1-8,11,14,21H,9,12-13,15H2,(H,30,37)(H2,32,33,38)/t21-/m0/s1. The Balaban J connectivity index is 1.26. The Morgan fingerprint density at radius 2 is 1.87 bits per heavy atom. The van der Waals surface area contributed by atoms with E-state index >= 15 is 0 Å². The fourth-order valence-corrected chi connectivity index (χ4v) is 4.05. The Kier molecular flexibility index (Phi) is 7.87. The van der Waals surface area contributed by atoms with E-state index in [9.17, 15) is 23.2 Å². The highest BCUT2D eigenvalue weighted by molar-refractivity contribution is 6.30. The third kappa shape index (κ3) is 6.83. The Hall–Kier alpha value is -4.50. The predicted octanol–water partition coefficient (Wildman–Crippen LogP) is 3.72. The average Bonchev–Trinajstić information content (AvgIpc) is 3.47. The lowest BCUT2D eigenvalue weighted by molar-refractivity contribution is -0.131. The summed E-state index contributed by atoms with van der Waals surface area (Å²) in [6.45, 7) is -1.04. The second kappa shape index (κ2) is 11.3. The van der Waals surface area contributed by atoms with Gasteiger partial charge in [-0.1, -0.05) is 29.8 Å². The van der Waals surface area contributed by atoms with Crippen molar-refractivity contribution >= 4 is 40.8 Å². The molecule has 1 aromatic heterocycles. The molecule has 4 amide bonds. The highest BCUT2D eigenvalue weighted by Gasteiger charge is 2.47. The zero-order valence-corrected chi connectivity index (χ0v) is 20.6. The lowest BCUT2D eigenvalue weighted by Crippen LogP contribution is -2.42. The van der Waals surface area contributed by atoms with Crippen molar-refractivity contribution in [1.29, 1.82) is 5.26 Å². The van der Waals surface area contributed by atoms with E-state index in [2.05, 4.69) is 21.0 Å². The summed E-state index contributed by atoms with van der Waals surface area (Å²) < 4.78 is 28.6. The number of hydrogen-bond donors (Lipinski definition) is 3. The molecule has 1 aliphatic rings. The van der Waals surface area contributed by atoms with E-state index in [-0.39, 0.29) is 5.56 Å². The molecule has 13 heteroatoms. The van der Waals surface area contributed by atoms with E-state index in [1.807, 2.05) is 0 Å². The summed E-state index contributed by atoms with van der Waals surface area (Å²) in [6, 6.07) is 13.8. The van der Waals surface area contributed by atoms with Gasteiger partial charge in [0.15, 0.2) is 0 Å². The fraction of sp³-hybridized carbons (Fsp3) is 0.240. The van der Waals surface area contributed by atoms with Crippen LogP contribution in [0, 0.1) is 11.3 Å². The number of nitrogens with one attached hydrogen (secondary N) is 3. The number of hydrogen-bond acceptors (Lipinski definition) is 5. The maximum atomic E-state index is 13.5. The van der Waals surface area contributed by atoms with E-state index in [0.29, 0.717) is 22.9 Å². The van der Waals surface area contributed by atoms with Crippen molar-refractivity contribution < 1.29 is 23.2 Å². The van der Waals surface area contributed by atoms with Crippen LogP contribution in [0.2, 0.25) is 5.02 Å². The van der Waals surface area contributed by atoms with Gasteiger partial charge in [0.1, 0.15) is 6.04 Å². The van der Waals surface area contributed by atoms with Crippen LogP contribution in [0.5, 0.6) is 0 Å². The molecule has 196 valence electrons. The number of aromatic nitrogens is 2. The van der Waals surface area contributed by atoms with E-state index in [1.54, 1.807) is 54.6 Å². The van der Waals surface area contributed by atoms with Crippen LogP contribution in [-0.4, -0.2) is 57.6 Å². The molecule has 1 aliphatic heterocycles. The van der Waals surface area contributed by atoms with Crippen LogP contribution in [0.15, 0.2) is 60.9 Å². The minimum atomic E-state index is -3.13. The number of carbonyl (C=O) groups excluding carboxylic acids is 3. The van der Waals surface area contributed by atoms with Crippen molar-refractivity contribution in [2.45, 2.75) is 24.9 Å². The molecule has 0 bridgehead atoms. The van der Waals surface area contributed by atoms with E-state index < -0.39 is 49.3 Å². The summed E-state index contributed by atoms with van der Waals surface area (Å²) in [4.78, 5) is 37.6. The normalized spacial score (nSPS) is 15.9. The second-order valence-electron chi connectivity index (χ2n) is 8.62. The molecular weight excluding hydrogens is 520 g/mol. The van der Waals surface area contributed by atoms with E-state index in [1.165, 1.54) is 17.1 Å². The van der Waals surface area contributed by atoms with Gasteiger partial charge in [-0.05, 0) is 35.9 Å². The highest BCUT2D eigenvalue weighted by atomic mass is 35.5. The van der Waals surface area contributed by atoms with Crippen LogP contribution >= 0.6 is 11.6 Å². The lowest BCUT2D eigenvalue weighted by atomic mass is 10.2. The highest BCUT2D eigenvalue weighted by Crippen LogP contribution is 2.31. The minimum absolute atomic E-state index is 0.178. The SMILES string of the molecule is N#C[C@@H]1CC(F)(F)CN1C(=O)CNC(=O)c1cnn(Cc2ccc(NC(=O)Nc3cccc(Cl)c3)cc2)c1. The van der Waals surface area contributed by atoms with Crippen molar-refractivity contribution in [2.75, 3.05) is 23.7 Å². The fourth-order valence-electron chi connectivity index (χ4n) is 3.86. The predicted molar refractivity (Wildman–Crippen MR) is 135 cm³/mol. The molecule has 1 saturated heterocycles. The van der Waals surface area contributed by atoms with Crippen LogP contribution in [-0.2, 0) is 11.3 Å². The molecule has 0 spiro atoms. The zero-order valence-electron chi connectivity index (χ0n) is 19.8. The third-order valence-corrected chi connectivity index (χ3v) is 5.91. The number of amides is 4. The van der Waals surface area contributed by atoms with Crippen LogP contribution in [0.4, 0.5) is 25.0 Å². The number of carbonyl (C=O) groups is 3. The molecule has 3 aromatic rings. The van der Waals surface area contributed by atoms with Gasteiger partial charge in [0.2, 0.25) is 5.91 Å². The van der Waals surface area contributed by atoms with Gasteiger partial charge in [0.25, 0.3) is 11.8 Å². The second-order valence-corrected chi connectivity index (χ2v) is 9.06. The molecule has 3 N–H and O–H groups in total. The number of benzene rings is 2. The van der Waals surface area contributed by atoms with Crippen LogP contribution < -0.4 is 16.0 Å². The first-order valence-corrected chi connectivity index (χ1v) is 11.8. The van der Waals surface area contributed by atoms with Crippen molar-refractivity contribution in [3.63, 3.8) is 0 Å². The first-order valence-electron chi connectivity index (χ1n) is 11.4. The van der Waals surface area contributed by atoms with Crippen LogP contribution in [0.1, 0.15) is 22.3 Å². The minimum Gasteiger partial charge on any atom is -0.343 e. The topological polar surface area (TPSA) is 132 Å². The summed E-state index contributed by atoms with van der Waals surface area (Å²) in [5.74, 6) is -4.49. The number of rotatable bonds is 7. The zero-order chi connectivity index (χ0) is 27.3. The summed E-state index contributed by atoms with van der Waals surface area (Å²) in [7, 11) is 0. The number of halogens is 3. The largest absolute Gasteiger partial charge is 0.343 e. The number of anilines is 2.